The Bertz CT molecular complexity index is 594. The second-order valence-corrected chi connectivity index (χ2v) is 3.85. The number of ether oxygens (including phenoxy) is 1. The maximum absolute atomic E-state index is 8.96. The molecule has 5 nitrogen and oxygen atoms in total. The lowest BCUT2D eigenvalue weighted by Gasteiger charge is -2.07. The van der Waals surface area contributed by atoms with Gasteiger partial charge in [0.15, 0.2) is 0 Å². The van der Waals surface area contributed by atoms with Crippen LogP contribution >= 0.6 is 0 Å². The molecule has 0 aliphatic carbocycles. The van der Waals surface area contributed by atoms with Crippen LogP contribution in [0.2, 0.25) is 0 Å². The van der Waals surface area contributed by atoms with Gasteiger partial charge in [-0.15, -0.1) is 0 Å². The Morgan fingerprint density at radius 3 is 2.58 bits per heavy atom. The normalized spacial score (nSPS) is 9.74. The molecule has 0 bridgehead atoms. The van der Waals surface area contributed by atoms with Crippen LogP contribution in [0.25, 0.3) is 0 Å². The zero-order valence-electron chi connectivity index (χ0n) is 10.0. The van der Waals surface area contributed by atoms with Crippen molar-refractivity contribution in [3.63, 3.8) is 0 Å². The van der Waals surface area contributed by atoms with Crippen molar-refractivity contribution in [2.45, 2.75) is 6.61 Å². The van der Waals surface area contributed by atoms with Crippen LogP contribution < -0.4 is 10.2 Å². The van der Waals surface area contributed by atoms with E-state index in [0.29, 0.717) is 22.5 Å². The molecule has 1 heterocycles. The minimum Gasteiger partial charge on any atom is -0.489 e. The molecule has 2 rings (SSSR count). The van der Waals surface area contributed by atoms with Crippen LogP contribution in [0.5, 0.6) is 5.75 Å². The minimum absolute atomic E-state index is 0.234. The molecule has 0 saturated carbocycles. The van der Waals surface area contributed by atoms with Crippen molar-refractivity contribution in [1.82, 2.24) is 4.98 Å². The Hall–Kier alpha value is -2.36. The van der Waals surface area contributed by atoms with Gasteiger partial charge in [-0.2, -0.15) is 5.26 Å². The van der Waals surface area contributed by atoms with E-state index in [0.717, 1.165) is 0 Å². The predicted octanol–water partition coefficient (Wildman–Crippen LogP) is 0.212. The summed E-state index contributed by atoms with van der Waals surface area (Å²) in [7, 11) is -1.49. The molecular weight excluding hydrogens is 243 g/mol. The second-order valence-electron chi connectivity index (χ2n) is 3.85. The molecule has 0 unspecified atom stereocenters. The first-order valence-corrected chi connectivity index (χ1v) is 5.63. The fourth-order valence-corrected chi connectivity index (χ4v) is 1.55. The Labute approximate surface area is 110 Å². The highest BCUT2D eigenvalue weighted by atomic mass is 16.5. The standard InChI is InChI=1S/C13H11BN2O3/c15-8-13-10(2-1-7-16-13)9-19-12-5-3-11(4-6-12)14(17)18/h1-7,17-18H,9H2. The Morgan fingerprint density at radius 1 is 1.21 bits per heavy atom. The highest BCUT2D eigenvalue weighted by molar-refractivity contribution is 6.58. The molecule has 0 atom stereocenters. The summed E-state index contributed by atoms with van der Waals surface area (Å²) in [5.74, 6) is 0.581. The third kappa shape index (κ3) is 3.31. The van der Waals surface area contributed by atoms with Gasteiger partial charge in [-0.25, -0.2) is 4.98 Å². The predicted molar refractivity (Wildman–Crippen MR) is 69.6 cm³/mol. The fourth-order valence-electron chi connectivity index (χ4n) is 1.55. The first kappa shape index (κ1) is 13.1. The van der Waals surface area contributed by atoms with E-state index in [2.05, 4.69) is 4.98 Å². The number of hydrogen-bond donors (Lipinski definition) is 2. The molecular formula is C13H11BN2O3. The highest BCUT2D eigenvalue weighted by Crippen LogP contribution is 2.12. The van der Waals surface area contributed by atoms with Gasteiger partial charge in [0.25, 0.3) is 0 Å². The number of benzene rings is 1. The summed E-state index contributed by atoms with van der Waals surface area (Å²) < 4.78 is 5.51. The smallest absolute Gasteiger partial charge is 0.488 e. The first-order chi connectivity index (χ1) is 9.20. The van der Waals surface area contributed by atoms with Crippen LogP contribution in [-0.2, 0) is 6.61 Å². The summed E-state index contributed by atoms with van der Waals surface area (Å²) in [5, 5.41) is 26.8. The van der Waals surface area contributed by atoms with Gasteiger partial charge in [-0.3, -0.25) is 0 Å². The van der Waals surface area contributed by atoms with Gasteiger partial charge in [0.05, 0.1) is 0 Å². The fraction of sp³-hybridized carbons (Fsp3) is 0.0769. The molecule has 0 aliphatic heterocycles. The summed E-state index contributed by atoms with van der Waals surface area (Å²) in [4.78, 5) is 3.94. The molecule has 0 fully saturated rings. The van der Waals surface area contributed by atoms with E-state index in [9.17, 15) is 0 Å². The quantitative estimate of drug-likeness (QED) is 0.762. The van der Waals surface area contributed by atoms with Crippen LogP contribution in [0, 0.1) is 11.3 Å². The third-order valence-electron chi connectivity index (χ3n) is 2.57. The number of aromatic nitrogens is 1. The molecule has 2 N–H and O–H groups in total. The van der Waals surface area contributed by atoms with Crippen LogP contribution in [-0.4, -0.2) is 22.2 Å². The topological polar surface area (TPSA) is 86.4 Å². The second kappa shape index (κ2) is 6.00. The van der Waals surface area contributed by atoms with Crippen molar-refractivity contribution >= 4 is 12.6 Å². The molecule has 6 heteroatoms. The van der Waals surface area contributed by atoms with Gasteiger partial charge in [0.1, 0.15) is 24.1 Å². The molecule has 19 heavy (non-hydrogen) atoms. The van der Waals surface area contributed by atoms with Gasteiger partial charge >= 0.3 is 7.12 Å². The summed E-state index contributed by atoms with van der Waals surface area (Å²) in [6.07, 6.45) is 1.56. The average Bonchev–Trinajstić information content (AvgIpc) is 2.45. The zero-order chi connectivity index (χ0) is 13.7. The number of nitriles is 1. The average molecular weight is 254 g/mol. The molecule has 94 valence electrons. The Balaban J connectivity index is 2.04. The minimum atomic E-state index is -1.49. The van der Waals surface area contributed by atoms with E-state index in [-0.39, 0.29) is 6.61 Å². The van der Waals surface area contributed by atoms with Crippen molar-refractivity contribution in [2.75, 3.05) is 0 Å². The molecule has 1 aromatic carbocycles. The number of rotatable bonds is 4. The first-order valence-electron chi connectivity index (χ1n) is 5.63. The summed E-state index contributed by atoms with van der Waals surface area (Å²) in [6, 6.07) is 11.9. The molecule has 2 aromatic rings. The highest BCUT2D eigenvalue weighted by Gasteiger charge is 2.10. The van der Waals surface area contributed by atoms with E-state index in [1.165, 1.54) is 0 Å². The van der Waals surface area contributed by atoms with Crippen molar-refractivity contribution in [3.8, 4) is 11.8 Å². The van der Waals surface area contributed by atoms with Crippen molar-refractivity contribution < 1.29 is 14.8 Å². The monoisotopic (exact) mass is 254 g/mol. The van der Waals surface area contributed by atoms with Crippen molar-refractivity contribution in [3.05, 3.63) is 53.9 Å². The number of nitrogens with zero attached hydrogens (tertiary/aromatic N) is 2. The van der Waals surface area contributed by atoms with Crippen LogP contribution in [0.3, 0.4) is 0 Å². The lowest BCUT2D eigenvalue weighted by molar-refractivity contribution is 0.305. The third-order valence-corrected chi connectivity index (χ3v) is 2.57. The summed E-state index contributed by atoms with van der Waals surface area (Å²) in [5.41, 5.74) is 1.44. The van der Waals surface area contributed by atoms with Crippen molar-refractivity contribution in [2.24, 2.45) is 0 Å². The Morgan fingerprint density at radius 2 is 1.95 bits per heavy atom. The van der Waals surface area contributed by atoms with Crippen LogP contribution in [0.1, 0.15) is 11.3 Å². The number of hydrogen-bond acceptors (Lipinski definition) is 5. The van der Waals surface area contributed by atoms with Crippen LogP contribution in [0.15, 0.2) is 42.6 Å². The maximum Gasteiger partial charge on any atom is 0.488 e. The van der Waals surface area contributed by atoms with E-state index in [1.54, 1.807) is 42.6 Å². The maximum atomic E-state index is 8.96. The SMILES string of the molecule is N#Cc1ncccc1COc1ccc(B(O)O)cc1. The molecule has 0 amide bonds. The summed E-state index contributed by atoms with van der Waals surface area (Å²) >= 11 is 0. The van der Waals surface area contributed by atoms with Gasteiger partial charge in [-0.1, -0.05) is 18.2 Å². The van der Waals surface area contributed by atoms with Gasteiger partial charge in [0, 0.05) is 11.8 Å². The number of pyridine rings is 1. The lowest BCUT2D eigenvalue weighted by Crippen LogP contribution is -2.29. The molecule has 0 aliphatic rings. The van der Waals surface area contributed by atoms with Crippen LogP contribution in [0.4, 0.5) is 0 Å². The summed E-state index contributed by atoms with van der Waals surface area (Å²) in [6.45, 7) is 0.234. The van der Waals surface area contributed by atoms with Gasteiger partial charge in [-0.05, 0) is 23.7 Å². The Kier molecular flexibility index (Phi) is 4.13. The van der Waals surface area contributed by atoms with Gasteiger partial charge in [0.2, 0.25) is 0 Å². The molecule has 0 saturated heterocycles. The van der Waals surface area contributed by atoms with E-state index in [4.69, 9.17) is 20.0 Å². The molecule has 0 radical (unpaired) electrons. The van der Waals surface area contributed by atoms with Crippen molar-refractivity contribution in [1.29, 1.82) is 5.26 Å². The lowest BCUT2D eigenvalue weighted by atomic mass is 9.80. The van der Waals surface area contributed by atoms with Gasteiger partial charge < -0.3 is 14.8 Å². The van der Waals surface area contributed by atoms with E-state index in [1.807, 2.05) is 6.07 Å². The molecule has 1 aromatic heterocycles. The zero-order valence-corrected chi connectivity index (χ0v) is 10.0. The molecule has 0 spiro atoms. The van der Waals surface area contributed by atoms with E-state index < -0.39 is 7.12 Å². The van der Waals surface area contributed by atoms with E-state index >= 15 is 0 Å². The largest absolute Gasteiger partial charge is 0.489 e.